The van der Waals surface area contributed by atoms with Crippen molar-refractivity contribution in [1.82, 2.24) is 4.72 Å². The molecule has 0 spiro atoms. The third-order valence-electron chi connectivity index (χ3n) is 3.21. The molecule has 0 saturated heterocycles. The second kappa shape index (κ2) is 6.50. The zero-order valence-electron chi connectivity index (χ0n) is 12.1. The Morgan fingerprint density at radius 2 is 1.89 bits per heavy atom. The van der Waals surface area contributed by atoms with Crippen LogP contribution in [-0.4, -0.2) is 21.0 Å². The minimum absolute atomic E-state index is 0.129. The lowest BCUT2D eigenvalue weighted by Crippen LogP contribution is -2.40. The molecule has 0 bridgehead atoms. The molecule has 1 rings (SSSR count). The molecule has 0 radical (unpaired) electrons. The van der Waals surface area contributed by atoms with E-state index in [1.54, 1.807) is 6.07 Å². The van der Waals surface area contributed by atoms with Crippen molar-refractivity contribution in [2.24, 2.45) is 11.7 Å². The van der Waals surface area contributed by atoms with Gasteiger partial charge in [0.2, 0.25) is 10.0 Å². The fourth-order valence-corrected chi connectivity index (χ4v) is 3.72. The standard InChI is InChI=1S/C14H24N2O2S/c1-10(2)13(7-8-15)16-19(17,18)14-6-5-11(3)9-12(14)4/h5-6,9-10,13,16H,7-8,15H2,1-4H3. The fourth-order valence-electron chi connectivity index (χ4n) is 2.07. The Labute approximate surface area is 116 Å². The number of nitrogens with two attached hydrogens (primary N) is 1. The topological polar surface area (TPSA) is 72.2 Å². The lowest BCUT2D eigenvalue weighted by atomic mass is 10.0. The summed E-state index contributed by atoms with van der Waals surface area (Å²) in [6.45, 7) is 8.21. The molecule has 0 fully saturated rings. The normalized spacial score (nSPS) is 13.8. The number of aryl methyl sites for hydroxylation is 2. The molecule has 1 unspecified atom stereocenters. The number of sulfonamides is 1. The van der Waals surface area contributed by atoms with E-state index in [0.717, 1.165) is 11.1 Å². The molecule has 108 valence electrons. The smallest absolute Gasteiger partial charge is 0.241 e. The van der Waals surface area contributed by atoms with Gasteiger partial charge in [0.25, 0.3) is 0 Å². The van der Waals surface area contributed by atoms with Crippen molar-refractivity contribution in [3.8, 4) is 0 Å². The van der Waals surface area contributed by atoms with Gasteiger partial charge in [-0.05, 0) is 44.4 Å². The van der Waals surface area contributed by atoms with Gasteiger partial charge in [-0.15, -0.1) is 0 Å². The monoisotopic (exact) mass is 284 g/mol. The minimum atomic E-state index is -3.48. The zero-order valence-corrected chi connectivity index (χ0v) is 12.9. The average molecular weight is 284 g/mol. The van der Waals surface area contributed by atoms with E-state index in [4.69, 9.17) is 5.73 Å². The third-order valence-corrected chi connectivity index (χ3v) is 4.86. The van der Waals surface area contributed by atoms with Crippen LogP contribution in [0.3, 0.4) is 0 Å². The second-order valence-electron chi connectivity index (χ2n) is 5.32. The van der Waals surface area contributed by atoms with Crippen molar-refractivity contribution in [2.75, 3.05) is 6.54 Å². The van der Waals surface area contributed by atoms with Gasteiger partial charge in [0.05, 0.1) is 4.90 Å². The number of hydrogen-bond donors (Lipinski definition) is 2. The number of benzene rings is 1. The average Bonchev–Trinajstić information content (AvgIpc) is 2.27. The van der Waals surface area contributed by atoms with E-state index in [1.807, 2.05) is 39.8 Å². The van der Waals surface area contributed by atoms with Gasteiger partial charge in [-0.3, -0.25) is 0 Å². The van der Waals surface area contributed by atoms with Gasteiger partial charge in [-0.1, -0.05) is 31.5 Å². The number of nitrogens with one attached hydrogen (secondary N) is 1. The van der Waals surface area contributed by atoms with Crippen LogP contribution < -0.4 is 10.5 Å². The maximum absolute atomic E-state index is 12.4. The molecule has 0 aliphatic rings. The molecule has 0 aromatic heterocycles. The van der Waals surface area contributed by atoms with Crippen molar-refractivity contribution in [3.63, 3.8) is 0 Å². The SMILES string of the molecule is Cc1ccc(S(=O)(=O)NC(CCN)C(C)C)c(C)c1. The molecule has 19 heavy (non-hydrogen) atoms. The molecule has 0 aliphatic heterocycles. The molecular formula is C14H24N2O2S. The summed E-state index contributed by atoms with van der Waals surface area (Å²) in [5, 5.41) is 0. The fraction of sp³-hybridized carbons (Fsp3) is 0.571. The summed E-state index contributed by atoms with van der Waals surface area (Å²) in [7, 11) is -3.48. The lowest BCUT2D eigenvalue weighted by molar-refractivity contribution is 0.428. The van der Waals surface area contributed by atoms with Gasteiger partial charge in [0.1, 0.15) is 0 Å². The summed E-state index contributed by atoms with van der Waals surface area (Å²) >= 11 is 0. The summed E-state index contributed by atoms with van der Waals surface area (Å²) in [6.07, 6.45) is 0.641. The zero-order chi connectivity index (χ0) is 14.6. The van der Waals surface area contributed by atoms with Crippen molar-refractivity contribution >= 4 is 10.0 Å². The molecule has 4 nitrogen and oxygen atoms in total. The van der Waals surface area contributed by atoms with Gasteiger partial charge in [0.15, 0.2) is 0 Å². The first-order valence-corrected chi connectivity index (χ1v) is 8.06. The highest BCUT2D eigenvalue weighted by molar-refractivity contribution is 7.89. The van der Waals surface area contributed by atoms with E-state index in [9.17, 15) is 8.42 Å². The Kier molecular flexibility index (Phi) is 5.52. The van der Waals surface area contributed by atoms with Gasteiger partial charge in [0, 0.05) is 6.04 Å². The van der Waals surface area contributed by atoms with Crippen molar-refractivity contribution in [2.45, 2.75) is 45.1 Å². The molecule has 3 N–H and O–H groups in total. The van der Waals surface area contributed by atoms with Crippen molar-refractivity contribution in [3.05, 3.63) is 29.3 Å². The van der Waals surface area contributed by atoms with Gasteiger partial charge in [-0.25, -0.2) is 13.1 Å². The summed E-state index contributed by atoms with van der Waals surface area (Å²) in [6, 6.07) is 5.22. The Balaban J connectivity index is 3.03. The molecule has 1 aromatic carbocycles. The third kappa shape index (κ3) is 4.30. The van der Waals surface area contributed by atoms with Gasteiger partial charge < -0.3 is 5.73 Å². The first-order chi connectivity index (χ1) is 8.77. The Morgan fingerprint density at radius 1 is 1.26 bits per heavy atom. The van der Waals surface area contributed by atoms with E-state index >= 15 is 0 Å². The van der Waals surface area contributed by atoms with Crippen molar-refractivity contribution in [1.29, 1.82) is 0 Å². The highest BCUT2D eigenvalue weighted by Gasteiger charge is 2.23. The minimum Gasteiger partial charge on any atom is -0.330 e. The quantitative estimate of drug-likeness (QED) is 0.838. The first-order valence-electron chi connectivity index (χ1n) is 6.57. The highest BCUT2D eigenvalue weighted by Crippen LogP contribution is 2.18. The molecular weight excluding hydrogens is 260 g/mol. The maximum Gasteiger partial charge on any atom is 0.241 e. The molecule has 1 atom stereocenters. The Morgan fingerprint density at radius 3 is 2.37 bits per heavy atom. The first kappa shape index (κ1) is 16.1. The Bertz CT molecular complexity index is 524. The van der Waals surface area contributed by atoms with Crippen LogP contribution in [0.5, 0.6) is 0 Å². The molecule has 0 saturated carbocycles. The van der Waals surface area contributed by atoms with Gasteiger partial charge >= 0.3 is 0 Å². The largest absolute Gasteiger partial charge is 0.330 e. The molecule has 5 heteroatoms. The molecule has 0 amide bonds. The molecule has 1 aromatic rings. The summed E-state index contributed by atoms with van der Waals surface area (Å²) < 4.78 is 27.6. The summed E-state index contributed by atoms with van der Waals surface area (Å²) in [4.78, 5) is 0.348. The van der Waals surface area contributed by atoms with Crippen LogP contribution in [0.25, 0.3) is 0 Å². The molecule has 0 aliphatic carbocycles. The van der Waals surface area contributed by atoms with Crippen LogP contribution >= 0.6 is 0 Å². The highest BCUT2D eigenvalue weighted by atomic mass is 32.2. The van der Waals surface area contributed by atoms with E-state index in [0.29, 0.717) is 17.9 Å². The predicted octanol–water partition coefficient (Wildman–Crippen LogP) is 1.96. The van der Waals surface area contributed by atoms with E-state index in [1.165, 1.54) is 0 Å². The number of hydrogen-bond acceptors (Lipinski definition) is 3. The van der Waals surface area contributed by atoms with E-state index in [2.05, 4.69) is 4.72 Å². The van der Waals surface area contributed by atoms with Crippen LogP contribution in [0, 0.1) is 19.8 Å². The number of rotatable bonds is 6. The predicted molar refractivity (Wildman–Crippen MR) is 78.5 cm³/mol. The van der Waals surface area contributed by atoms with Crippen molar-refractivity contribution < 1.29 is 8.42 Å². The second-order valence-corrected chi connectivity index (χ2v) is 7.00. The summed E-state index contributed by atoms with van der Waals surface area (Å²) in [5.41, 5.74) is 7.36. The van der Waals surface area contributed by atoms with Gasteiger partial charge in [-0.2, -0.15) is 0 Å². The summed E-state index contributed by atoms with van der Waals surface area (Å²) in [5.74, 6) is 0.212. The van der Waals surface area contributed by atoms with Crippen LogP contribution in [-0.2, 0) is 10.0 Å². The maximum atomic E-state index is 12.4. The van der Waals surface area contributed by atoms with Crippen LogP contribution in [0.4, 0.5) is 0 Å². The Hall–Kier alpha value is -0.910. The van der Waals surface area contributed by atoms with E-state index in [-0.39, 0.29) is 12.0 Å². The van der Waals surface area contributed by atoms with E-state index < -0.39 is 10.0 Å². The lowest BCUT2D eigenvalue weighted by Gasteiger charge is -2.22. The molecule has 0 heterocycles. The van der Waals surface area contributed by atoms with Crippen LogP contribution in [0.1, 0.15) is 31.4 Å². The van der Waals surface area contributed by atoms with Crippen LogP contribution in [0.2, 0.25) is 0 Å². The van der Waals surface area contributed by atoms with Crippen LogP contribution in [0.15, 0.2) is 23.1 Å².